The number of aromatic nitrogens is 2. The summed E-state index contributed by atoms with van der Waals surface area (Å²) in [6.07, 6.45) is 3.25. The van der Waals surface area contributed by atoms with Gasteiger partial charge >= 0.3 is 5.97 Å². The number of rotatable bonds is 3. The van der Waals surface area contributed by atoms with Crippen molar-refractivity contribution in [3.63, 3.8) is 0 Å². The number of nitrogens with one attached hydrogen (secondary N) is 1. The van der Waals surface area contributed by atoms with E-state index in [2.05, 4.69) is 26.2 Å². The van der Waals surface area contributed by atoms with Crippen LogP contribution in [-0.4, -0.2) is 22.1 Å². The summed E-state index contributed by atoms with van der Waals surface area (Å²) < 4.78 is 13.5. The van der Waals surface area contributed by atoms with Gasteiger partial charge in [-0.15, -0.1) is 0 Å². The lowest BCUT2D eigenvalue weighted by Gasteiger charge is -2.29. The fraction of sp³-hybridized carbons (Fsp3) is 0.222. The van der Waals surface area contributed by atoms with Gasteiger partial charge in [0.05, 0.1) is 41.8 Å². The van der Waals surface area contributed by atoms with E-state index >= 15 is 0 Å². The Morgan fingerprint density at radius 1 is 1.44 bits per heavy atom. The fourth-order valence-corrected chi connectivity index (χ4v) is 3.55. The largest absolute Gasteiger partial charge is 0.472 e. The van der Waals surface area contributed by atoms with E-state index < -0.39 is 0 Å². The van der Waals surface area contributed by atoms with Crippen molar-refractivity contribution in [3.8, 4) is 0 Å². The fourth-order valence-electron chi connectivity index (χ4n) is 3.20. The number of anilines is 1. The average molecular weight is 402 g/mol. The Hall–Kier alpha value is -2.54. The Bertz CT molecular complexity index is 989. The average Bonchev–Trinajstić information content (AvgIpc) is 3.21. The van der Waals surface area contributed by atoms with Crippen LogP contribution < -0.4 is 5.32 Å². The molecule has 25 heavy (non-hydrogen) atoms. The van der Waals surface area contributed by atoms with Gasteiger partial charge in [-0.05, 0) is 38.1 Å². The van der Waals surface area contributed by atoms with Gasteiger partial charge in [0.15, 0.2) is 0 Å². The molecule has 0 radical (unpaired) electrons. The molecular weight excluding hydrogens is 386 g/mol. The molecule has 0 saturated heterocycles. The van der Waals surface area contributed by atoms with Crippen molar-refractivity contribution in [1.29, 1.82) is 0 Å². The number of carbonyl (C=O) groups excluding carboxylic acids is 1. The molecule has 2 aromatic heterocycles. The van der Waals surface area contributed by atoms with E-state index in [4.69, 9.17) is 9.15 Å². The number of furan rings is 1. The highest BCUT2D eigenvalue weighted by Gasteiger charge is 2.35. The zero-order valence-electron chi connectivity index (χ0n) is 13.7. The highest BCUT2D eigenvalue weighted by atomic mass is 79.9. The number of carbonyl (C=O) groups is 1. The summed E-state index contributed by atoms with van der Waals surface area (Å²) >= 11 is 3.51. The monoisotopic (exact) mass is 401 g/mol. The molecule has 1 aromatic carbocycles. The van der Waals surface area contributed by atoms with Gasteiger partial charge in [0, 0.05) is 15.7 Å². The van der Waals surface area contributed by atoms with Crippen LogP contribution >= 0.6 is 15.9 Å². The normalized spacial score (nSPS) is 16.7. The molecule has 0 bridgehead atoms. The Kier molecular flexibility index (Phi) is 3.88. The number of halogens is 1. The molecule has 1 aliphatic heterocycles. The van der Waals surface area contributed by atoms with Crippen LogP contribution in [-0.2, 0) is 9.53 Å². The van der Waals surface area contributed by atoms with Gasteiger partial charge in [-0.2, -0.15) is 0 Å². The van der Waals surface area contributed by atoms with E-state index in [0.717, 1.165) is 26.8 Å². The quantitative estimate of drug-likeness (QED) is 0.664. The van der Waals surface area contributed by atoms with Crippen molar-refractivity contribution >= 4 is 38.9 Å². The molecule has 0 aliphatic carbocycles. The Labute approximate surface area is 152 Å². The van der Waals surface area contributed by atoms with Gasteiger partial charge in [0.2, 0.25) is 5.95 Å². The standard InChI is InChI=1S/C18H16BrN3O3/c1-3-25-17(23)15-10(2)20-18-21-13-5-4-12(19)8-14(13)22(18)16(15)11-6-7-24-9-11/h4-9,16H,3H2,1-2H3,(H,20,21). The van der Waals surface area contributed by atoms with Crippen LogP contribution in [0.5, 0.6) is 0 Å². The molecule has 0 saturated carbocycles. The van der Waals surface area contributed by atoms with Crippen molar-refractivity contribution in [3.05, 3.63) is 58.1 Å². The molecule has 0 fully saturated rings. The third-order valence-electron chi connectivity index (χ3n) is 4.24. The predicted molar refractivity (Wildman–Crippen MR) is 97.2 cm³/mol. The van der Waals surface area contributed by atoms with Gasteiger partial charge in [0.1, 0.15) is 0 Å². The molecule has 128 valence electrons. The van der Waals surface area contributed by atoms with Crippen molar-refractivity contribution < 1.29 is 13.9 Å². The first kappa shape index (κ1) is 16.0. The second kappa shape index (κ2) is 6.07. The number of imidazole rings is 1. The maximum absolute atomic E-state index is 12.7. The van der Waals surface area contributed by atoms with Crippen LogP contribution in [0.3, 0.4) is 0 Å². The predicted octanol–water partition coefficient (Wildman–Crippen LogP) is 4.24. The van der Waals surface area contributed by atoms with E-state index in [1.165, 1.54) is 0 Å². The molecule has 0 amide bonds. The summed E-state index contributed by atoms with van der Waals surface area (Å²) in [5.41, 5.74) is 3.90. The van der Waals surface area contributed by atoms with Gasteiger partial charge < -0.3 is 14.5 Å². The molecule has 7 heteroatoms. The van der Waals surface area contributed by atoms with E-state index in [0.29, 0.717) is 18.1 Å². The van der Waals surface area contributed by atoms with Crippen molar-refractivity contribution in [2.75, 3.05) is 11.9 Å². The van der Waals surface area contributed by atoms with Crippen LogP contribution in [0.25, 0.3) is 11.0 Å². The minimum atomic E-state index is -0.367. The number of esters is 1. The van der Waals surface area contributed by atoms with E-state index in [9.17, 15) is 4.79 Å². The summed E-state index contributed by atoms with van der Waals surface area (Å²) in [6.45, 7) is 3.97. The van der Waals surface area contributed by atoms with Crippen LogP contribution in [0.2, 0.25) is 0 Å². The molecule has 1 atom stereocenters. The SMILES string of the molecule is CCOC(=O)C1=C(C)Nc2nc3ccc(Br)cc3n2C1c1ccoc1. The van der Waals surface area contributed by atoms with Crippen molar-refractivity contribution in [2.45, 2.75) is 19.9 Å². The number of allylic oxidation sites excluding steroid dienone is 1. The van der Waals surface area contributed by atoms with Crippen molar-refractivity contribution in [1.82, 2.24) is 9.55 Å². The third kappa shape index (κ3) is 2.55. The smallest absolute Gasteiger partial charge is 0.338 e. The highest BCUT2D eigenvalue weighted by Crippen LogP contribution is 2.40. The maximum atomic E-state index is 12.7. The van der Waals surface area contributed by atoms with Crippen LogP contribution in [0.15, 0.2) is 57.0 Å². The zero-order chi connectivity index (χ0) is 17.6. The number of benzene rings is 1. The van der Waals surface area contributed by atoms with Crippen LogP contribution in [0.1, 0.15) is 25.5 Å². The van der Waals surface area contributed by atoms with Gasteiger partial charge in [-0.25, -0.2) is 9.78 Å². The van der Waals surface area contributed by atoms with Crippen molar-refractivity contribution in [2.24, 2.45) is 0 Å². The summed E-state index contributed by atoms with van der Waals surface area (Å²) in [4.78, 5) is 17.3. The van der Waals surface area contributed by atoms with Gasteiger partial charge in [-0.3, -0.25) is 4.57 Å². The molecule has 1 N–H and O–H groups in total. The highest BCUT2D eigenvalue weighted by molar-refractivity contribution is 9.10. The Balaban J connectivity index is 1.98. The zero-order valence-corrected chi connectivity index (χ0v) is 15.3. The maximum Gasteiger partial charge on any atom is 0.338 e. The second-order valence-electron chi connectivity index (χ2n) is 5.78. The number of hydrogen-bond acceptors (Lipinski definition) is 5. The van der Waals surface area contributed by atoms with Crippen LogP contribution in [0.4, 0.5) is 5.95 Å². The minimum absolute atomic E-state index is 0.316. The number of ether oxygens (including phenoxy) is 1. The first-order valence-electron chi connectivity index (χ1n) is 7.94. The summed E-state index contributed by atoms with van der Waals surface area (Å²) in [7, 11) is 0. The topological polar surface area (TPSA) is 69.3 Å². The lowest BCUT2D eigenvalue weighted by Crippen LogP contribution is -2.28. The van der Waals surface area contributed by atoms with Crippen LogP contribution in [0, 0.1) is 0 Å². The Morgan fingerprint density at radius 2 is 2.28 bits per heavy atom. The molecule has 0 spiro atoms. The number of nitrogens with zero attached hydrogens (tertiary/aromatic N) is 2. The summed E-state index contributed by atoms with van der Waals surface area (Å²) in [5.74, 6) is 0.339. The van der Waals surface area contributed by atoms with Gasteiger partial charge in [0.25, 0.3) is 0 Å². The minimum Gasteiger partial charge on any atom is -0.472 e. The molecule has 6 nitrogen and oxygen atoms in total. The molecule has 1 unspecified atom stereocenters. The lowest BCUT2D eigenvalue weighted by atomic mass is 9.97. The molecule has 3 heterocycles. The summed E-state index contributed by atoms with van der Waals surface area (Å²) in [5, 5.41) is 3.23. The first-order chi connectivity index (χ1) is 12.1. The molecular formula is C18H16BrN3O3. The van der Waals surface area contributed by atoms with E-state index in [-0.39, 0.29) is 12.0 Å². The Morgan fingerprint density at radius 3 is 3.00 bits per heavy atom. The number of fused-ring (bicyclic) bond motifs is 3. The molecule has 4 rings (SSSR count). The lowest BCUT2D eigenvalue weighted by molar-refractivity contribution is -0.139. The summed E-state index contributed by atoms with van der Waals surface area (Å²) in [6, 6.07) is 7.37. The first-order valence-corrected chi connectivity index (χ1v) is 8.74. The molecule has 3 aromatic rings. The van der Waals surface area contributed by atoms with E-state index in [1.54, 1.807) is 19.5 Å². The van der Waals surface area contributed by atoms with E-state index in [1.807, 2.05) is 35.8 Å². The third-order valence-corrected chi connectivity index (χ3v) is 4.73. The van der Waals surface area contributed by atoms with Gasteiger partial charge in [-0.1, -0.05) is 15.9 Å². The number of hydrogen-bond donors (Lipinski definition) is 1. The molecule has 1 aliphatic rings. The second-order valence-corrected chi connectivity index (χ2v) is 6.70.